The van der Waals surface area contributed by atoms with Gasteiger partial charge in [-0.2, -0.15) is 13.2 Å². The summed E-state index contributed by atoms with van der Waals surface area (Å²) >= 11 is 0. The van der Waals surface area contributed by atoms with Crippen LogP contribution in [0.4, 0.5) is 13.2 Å². The normalized spacial score (nSPS) is 13.4. The van der Waals surface area contributed by atoms with Crippen molar-refractivity contribution in [2.75, 3.05) is 7.05 Å². The van der Waals surface area contributed by atoms with Crippen molar-refractivity contribution >= 4 is 0 Å². The minimum atomic E-state index is -4.38. The summed E-state index contributed by atoms with van der Waals surface area (Å²) in [4.78, 5) is 4.24. The van der Waals surface area contributed by atoms with Crippen molar-refractivity contribution in [2.45, 2.75) is 32.1 Å². The highest BCUT2D eigenvalue weighted by atomic mass is 19.4. The lowest BCUT2D eigenvalue weighted by Crippen LogP contribution is -2.25. The van der Waals surface area contributed by atoms with Crippen molar-refractivity contribution in [2.24, 2.45) is 0 Å². The molecule has 1 heterocycles. The number of hydrogen-bond acceptors (Lipinski definition) is 2. The van der Waals surface area contributed by atoms with Crippen LogP contribution in [0, 0.1) is 0 Å². The highest BCUT2D eigenvalue weighted by Gasteiger charge is 2.35. The largest absolute Gasteiger partial charge is 0.416 e. The molecular weight excluding hydrogens is 279 g/mol. The molecule has 1 atom stereocenters. The number of benzene rings is 1. The van der Waals surface area contributed by atoms with Gasteiger partial charge in [0.2, 0.25) is 0 Å². The molecule has 0 bridgehead atoms. The Morgan fingerprint density at radius 2 is 2.00 bits per heavy atom. The summed E-state index contributed by atoms with van der Waals surface area (Å²) in [5.74, 6) is 0.594. The average molecular weight is 297 g/mol. The molecule has 1 unspecified atom stereocenters. The van der Waals surface area contributed by atoms with Gasteiger partial charge < -0.3 is 9.88 Å². The monoisotopic (exact) mass is 297 g/mol. The van der Waals surface area contributed by atoms with E-state index in [0.29, 0.717) is 5.82 Å². The van der Waals surface area contributed by atoms with Gasteiger partial charge in [-0.15, -0.1) is 0 Å². The lowest BCUT2D eigenvalue weighted by Gasteiger charge is -2.22. The minimum absolute atomic E-state index is 0.191. The summed E-state index contributed by atoms with van der Waals surface area (Å²) in [5.41, 5.74) is -0.438. The van der Waals surface area contributed by atoms with E-state index in [1.807, 2.05) is 11.5 Å². The Hall–Kier alpha value is -1.82. The molecule has 0 aliphatic carbocycles. The first kappa shape index (κ1) is 15.6. The number of nitrogens with one attached hydrogen (secondary N) is 1. The Morgan fingerprint density at radius 3 is 2.62 bits per heavy atom. The number of nitrogens with zero attached hydrogens (tertiary/aromatic N) is 2. The van der Waals surface area contributed by atoms with Crippen LogP contribution in [0.25, 0.3) is 0 Å². The number of hydrogen-bond donors (Lipinski definition) is 1. The number of aryl methyl sites for hydroxylation is 1. The molecule has 0 saturated heterocycles. The van der Waals surface area contributed by atoms with E-state index in [1.165, 1.54) is 12.1 Å². The van der Waals surface area contributed by atoms with E-state index in [9.17, 15) is 13.2 Å². The quantitative estimate of drug-likeness (QED) is 0.913. The molecule has 0 fully saturated rings. The zero-order valence-corrected chi connectivity index (χ0v) is 12.0. The number of alkyl halides is 3. The molecular formula is C15H18F3N3. The summed E-state index contributed by atoms with van der Waals surface area (Å²) < 4.78 is 41.4. The van der Waals surface area contributed by atoms with E-state index >= 15 is 0 Å². The molecule has 1 N–H and O–H groups in total. The van der Waals surface area contributed by atoms with Gasteiger partial charge in [0.25, 0.3) is 0 Å². The zero-order valence-electron chi connectivity index (χ0n) is 12.0. The van der Waals surface area contributed by atoms with E-state index in [2.05, 4.69) is 10.3 Å². The van der Waals surface area contributed by atoms with Crippen molar-refractivity contribution in [1.82, 2.24) is 14.9 Å². The Balaban J connectivity index is 2.50. The highest BCUT2D eigenvalue weighted by Crippen LogP contribution is 2.36. The van der Waals surface area contributed by atoms with Gasteiger partial charge in [-0.1, -0.05) is 25.1 Å². The van der Waals surface area contributed by atoms with Crippen molar-refractivity contribution < 1.29 is 13.2 Å². The summed E-state index contributed by atoms with van der Waals surface area (Å²) in [7, 11) is 1.64. The molecule has 0 radical (unpaired) electrons. The minimum Gasteiger partial charge on any atom is -0.333 e. The summed E-state index contributed by atoms with van der Waals surface area (Å²) in [6.45, 7) is 2.74. The molecule has 0 amide bonds. The number of imidazole rings is 1. The van der Waals surface area contributed by atoms with Crippen molar-refractivity contribution in [3.05, 3.63) is 53.6 Å². The van der Waals surface area contributed by atoms with Crippen LogP contribution >= 0.6 is 0 Å². The SMILES string of the molecule is CCCn1ccnc1C(NC)c1ccccc1C(F)(F)F. The molecule has 1 aromatic heterocycles. The molecule has 2 rings (SSSR count). The van der Waals surface area contributed by atoms with Crippen LogP contribution in [0.15, 0.2) is 36.7 Å². The number of halogens is 3. The fourth-order valence-electron chi connectivity index (χ4n) is 2.44. The Kier molecular flexibility index (Phi) is 4.67. The average Bonchev–Trinajstić information content (AvgIpc) is 2.88. The first-order chi connectivity index (χ1) is 9.99. The lowest BCUT2D eigenvalue weighted by atomic mass is 9.99. The first-order valence-electron chi connectivity index (χ1n) is 6.83. The second-order valence-electron chi connectivity index (χ2n) is 4.79. The maximum absolute atomic E-state index is 13.2. The smallest absolute Gasteiger partial charge is 0.333 e. The van der Waals surface area contributed by atoms with E-state index in [0.717, 1.165) is 19.0 Å². The van der Waals surface area contributed by atoms with E-state index in [4.69, 9.17) is 0 Å². The molecule has 1 aromatic carbocycles. The van der Waals surface area contributed by atoms with Gasteiger partial charge in [0.1, 0.15) is 5.82 Å². The third kappa shape index (κ3) is 3.26. The van der Waals surface area contributed by atoms with Crippen molar-refractivity contribution in [3.8, 4) is 0 Å². The Bertz CT molecular complexity index is 590. The summed E-state index contributed by atoms with van der Waals surface area (Å²) in [6, 6.07) is 5.02. The van der Waals surface area contributed by atoms with Crippen LogP contribution in [0.3, 0.4) is 0 Å². The van der Waals surface area contributed by atoms with Gasteiger partial charge in [-0.3, -0.25) is 0 Å². The molecule has 0 spiro atoms. The van der Waals surface area contributed by atoms with Crippen LogP contribution in [-0.2, 0) is 12.7 Å². The van der Waals surface area contributed by atoms with Gasteiger partial charge in [-0.25, -0.2) is 4.98 Å². The predicted octanol–water partition coefficient (Wildman–Crippen LogP) is 3.62. The summed E-state index contributed by atoms with van der Waals surface area (Å²) in [5, 5.41) is 2.95. The van der Waals surface area contributed by atoms with E-state index < -0.39 is 17.8 Å². The standard InChI is InChI=1S/C15H18F3N3/c1-3-9-21-10-8-20-14(21)13(19-2)11-6-4-5-7-12(11)15(16,17)18/h4-8,10,13,19H,3,9H2,1-2H3. The first-order valence-corrected chi connectivity index (χ1v) is 6.83. The van der Waals surface area contributed by atoms with Gasteiger partial charge in [0.05, 0.1) is 11.6 Å². The zero-order chi connectivity index (χ0) is 15.5. The Labute approximate surface area is 121 Å². The second-order valence-corrected chi connectivity index (χ2v) is 4.79. The fraction of sp³-hybridized carbons (Fsp3) is 0.400. The second kappa shape index (κ2) is 6.30. The lowest BCUT2D eigenvalue weighted by molar-refractivity contribution is -0.138. The molecule has 0 saturated carbocycles. The van der Waals surface area contributed by atoms with Crippen LogP contribution < -0.4 is 5.32 Å². The van der Waals surface area contributed by atoms with Crippen molar-refractivity contribution in [3.63, 3.8) is 0 Å². The maximum atomic E-state index is 13.2. The van der Waals surface area contributed by atoms with E-state index in [-0.39, 0.29) is 5.56 Å². The molecule has 6 heteroatoms. The maximum Gasteiger partial charge on any atom is 0.416 e. The van der Waals surface area contributed by atoms with Gasteiger partial charge in [0.15, 0.2) is 0 Å². The molecule has 21 heavy (non-hydrogen) atoms. The van der Waals surface area contributed by atoms with Crippen LogP contribution in [0.2, 0.25) is 0 Å². The molecule has 0 aliphatic heterocycles. The molecule has 2 aromatic rings. The number of rotatable bonds is 5. The van der Waals surface area contributed by atoms with Gasteiger partial charge >= 0.3 is 6.18 Å². The number of aromatic nitrogens is 2. The van der Waals surface area contributed by atoms with Gasteiger partial charge in [0, 0.05) is 18.9 Å². The summed E-state index contributed by atoms with van der Waals surface area (Å²) in [6.07, 6.45) is -0.0838. The third-order valence-electron chi connectivity index (χ3n) is 3.34. The van der Waals surface area contributed by atoms with E-state index in [1.54, 1.807) is 25.5 Å². The molecule has 0 aliphatic rings. The highest BCUT2D eigenvalue weighted by molar-refractivity contribution is 5.35. The molecule has 114 valence electrons. The van der Waals surface area contributed by atoms with Gasteiger partial charge in [-0.05, 0) is 25.1 Å². The third-order valence-corrected chi connectivity index (χ3v) is 3.34. The fourth-order valence-corrected chi connectivity index (χ4v) is 2.44. The predicted molar refractivity (Wildman–Crippen MR) is 74.9 cm³/mol. The van der Waals surface area contributed by atoms with Crippen LogP contribution in [0.1, 0.15) is 36.3 Å². The Morgan fingerprint density at radius 1 is 1.29 bits per heavy atom. The van der Waals surface area contributed by atoms with Crippen LogP contribution in [0.5, 0.6) is 0 Å². The van der Waals surface area contributed by atoms with Crippen LogP contribution in [-0.4, -0.2) is 16.6 Å². The topological polar surface area (TPSA) is 29.9 Å². The molecule has 3 nitrogen and oxygen atoms in total. The van der Waals surface area contributed by atoms with Crippen molar-refractivity contribution in [1.29, 1.82) is 0 Å².